The molecule has 18 heavy (non-hydrogen) atoms. The predicted molar refractivity (Wildman–Crippen MR) is 71.5 cm³/mol. The zero-order chi connectivity index (χ0) is 13.1. The molecule has 0 amide bonds. The van der Waals surface area contributed by atoms with Crippen LogP contribution in [0, 0.1) is 5.92 Å². The van der Waals surface area contributed by atoms with Crippen LogP contribution in [0.1, 0.15) is 24.5 Å². The second kappa shape index (κ2) is 6.11. The normalized spacial score (nSPS) is 18.7. The van der Waals surface area contributed by atoms with Crippen LogP contribution in [0.15, 0.2) is 12.1 Å². The molecule has 1 aromatic rings. The van der Waals surface area contributed by atoms with Crippen LogP contribution in [0.25, 0.3) is 0 Å². The van der Waals surface area contributed by atoms with Gasteiger partial charge in [-0.1, -0.05) is 23.2 Å². The molecule has 1 N–H and O–H groups in total. The van der Waals surface area contributed by atoms with Crippen molar-refractivity contribution >= 4 is 23.2 Å². The summed E-state index contributed by atoms with van der Waals surface area (Å²) in [5, 5.41) is 11.3. The Kier molecular flexibility index (Phi) is 4.73. The van der Waals surface area contributed by atoms with Gasteiger partial charge in [-0.3, -0.25) is 0 Å². The smallest absolute Gasteiger partial charge is 0.138 e. The maximum Gasteiger partial charge on any atom is 0.138 e. The van der Waals surface area contributed by atoms with Crippen LogP contribution in [0.4, 0.5) is 0 Å². The van der Waals surface area contributed by atoms with E-state index in [1.807, 2.05) is 0 Å². The number of hydrogen-bond donors (Lipinski definition) is 1. The van der Waals surface area contributed by atoms with Crippen molar-refractivity contribution < 1.29 is 14.6 Å². The van der Waals surface area contributed by atoms with Gasteiger partial charge in [0.1, 0.15) is 5.75 Å². The molecule has 1 fully saturated rings. The summed E-state index contributed by atoms with van der Waals surface area (Å²) in [5.41, 5.74) is 0.661. The first-order valence-electron chi connectivity index (χ1n) is 5.92. The van der Waals surface area contributed by atoms with E-state index in [1.54, 1.807) is 12.1 Å². The third-order valence-corrected chi connectivity index (χ3v) is 3.92. The van der Waals surface area contributed by atoms with Gasteiger partial charge < -0.3 is 14.6 Å². The van der Waals surface area contributed by atoms with Crippen molar-refractivity contribution in [2.45, 2.75) is 18.9 Å². The molecular formula is C13H16Cl2O3. The lowest BCUT2D eigenvalue weighted by Gasteiger charge is -2.27. The number of aliphatic hydroxyl groups excluding tert-OH is 1. The highest BCUT2D eigenvalue weighted by Crippen LogP contribution is 2.38. The van der Waals surface area contributed by atoms with Crippen molar-refractivity contribution in [3.05, 3.63) is 27.7 Å². The fraction of sp³-hybridized carbons (Fsp3) is 0.538. The Bertz CT molecular complexity index is 417. The molecule has 1 aliphatic heterocycles. The Morgan fingerprint density at radius 3 is 2.56 bits per heavy atom. The molecule has 1 atom stereocenters. The van der Waals surface area contributed by atoms with Gasteiger partial charge in [-0.25, -0.2) is 0 Å². The summed E-state index contributed by atoms with van der Waals surface area (Å²) < 4.78 is 10.4. The lowest BCUT2D eigenvalue weighted by atomic mass is 9.89. The van der Waals surface area contributed by atoms with Gasteiger partial charge in [-0.05, 0) is 24.8 Å². The average Bonchev–Trinajstić information content (AvgIpc) is 2.41. The van der Waals surface area contributed by atoms with E-state index < -0.39 is 6.10 Å². The monoisotopic (exact) mass is 290 g/mol. The molecule has 1 saturated heterocycles. The SMILES string of the molecule is COc1cc(Cl)c(C(O)C2CCOCC2)cc1Cl. The van der Waals surface area contributed by atoms with Gasteiger partial charge >= 0.3 is 0 Å². The van der Waals surface area contributed by atoms with Crippen LogP contribution >= 0.6 is 23.2 Å². The number of rotatable bonds is 3. The number of aliphatic hydroxyl groups is 1. The van der Waals surface area contributed by atoms with Crippen LogP contribution < -0.4 is 4.74 Å². The Balaban J connectivity index is 2.23. The van der Waals surface area contributed by atoms with Crippen LogP contribution in [-0.4, -0.2) is 25.4 Å². The maximum absolute atomic E-state index is 10.4. The van der Waals surface area contributed by atoms with Gasteiger partial charge in [0, 0.05) is 24.8 Å². The molecule has 3 nitrogen and oxygen atoms in total. The Hall–Kier alpha value is -0.480. The van der Waals surface area contributed by atoms with Gasteiger partial charge in [0.05, 0.1) is 23.3 Å². The zero-order valence-electron chi connectivity index (χ0n) is 10.2. The largest absolute Gasteiger partial charge is 0.495 e. The summed E-state index contributed by atoms with van der Waals surface area (Å²) in [7, 11) is 1.53. The van der Waals surface area contributed by atoms with Crippen molar-refractivity contribution in [3.8, 4) is 5.75 Å². The number of halogens is 2. The molecule has 1 aromatic carbocycles. The van der Waals surface area contributed by atoms with Crippen molar-refractivity contribution in [1.29, 1.82) is 0 Å². The summed E-state index contributed by atoms with van der Waals surface area (Å²) in [4.78, 5) is 0. The lowest BCUT2D eigenvalue weighted by molar-refractivity contribution is 0.00721. The predicted octanol–water partition coefficient (Wildman–Crippen LogP) is 3.46. The summed E-state index contributed by atoms with van der Waals surface area (Å²) >= 11 is 12.2. The zero-order valence-corrected chi connectivity index (χ0v) is 11.7. The quantitative estimate of drug-likeness (QED) is 0.927. The minimum Gasteiger partial charge on any atom is -0.495 e. The van der Waals surface area contributed by atoms with Crippen molar-refractivity contribution in [2.24, 2.45) is 5.92 Å². The van der Waals surface area contributed by atoms with Gasteiger partial charge in [-0.15, -0.1) is 0 Å². The Morgan fingerprint density at radius 1 is 1.28 bits per heavy atom. The molecule has 2 rings (SSSR count). The summed E-state index contributed by atoms with van der Waals surface area (Å²) in [6, 6.07) is 3.32. The highest BCUT2D eigenvalue weighted by Gasteiger charge is 2.26. The Labute approximate surface area is 117 Å². The van der Waals surface area contributed by atoms with Gasteiger partial charge in [0.25, 0.3) is 0 Å². The fourth-order valence-electron chi connectivity index (χ4n) is 2.21. The van der Waals surface area contributed by atoms with E-state index >= 15 is 0 Å². The van der Waals surface area contributed by atoms with E-state index in [2.05, 4.69) is 0 Å². The van der Waals surface area contributed by atoms with E-state index in [1.165, 1.54) is 7.11 Å². The van der Waals surface area contributed by atoms with Crippen LogP contribution in [-0.2, 0) is 4.74 Å². The number of hydrogen-bond acceptors (Lipinski definition) is 3. The van der Waals surface area contributed by atoms with E-state index in [9.17, 15) is 5.11 Å². The fourth-order valence-corrected chi connectivity index (χ4v) is 2.73. The van der Waals surface area contributed by atoms with Crippen molar-refractivity contribution in [1.82, 2.24) is 0 Å². The van der Waals surface area contributed by atoms with Crippen molar-refractivity contribution in [2.75, 3.05) is 20.3 Å². The first-order chi connectivity index (χ1) is 8.63. The molecule has 0 aliphatic carbocycles. The highest BCUT2D eigenvalue weighted by molar-refractivity contribution is 6.34. The molecule has 5 heteroatoms. The van der Waals surface area contributed by atoms with Crippen LogP contribution in [0.2, 0.25) is 10.0 Å². The molecule has 0 bridgehead atoms. The first-order valence-corrected chi connectivity index (χ1v) is 6.68. The van der Waals surface area contributed by atoms with Crippen molar-refractivity contribution in [3.63, 3.8) is 0 Å². The average molecular weight is 291 g/mol. The van der Waals surface area contributed by atoms with E-state index in [-0.39, 0.29) is 5.92 Å². The van der Waals surface area contributed by atoms with E-state index in [4.69, 9.17) is 32.7 Å². The summed E-state index contributed by atoms with van der Waals surface area (Å²) in [6.07, 6.45) is 1.06. The third-order valence-electron chi connectivity index (χ3n) is 3.30. The maximum atomic E-state index is 10.4. The molecule has 1 heterocycles. The van der Waals surface area contributed by atoms with E-state index in [0.29, 0.717) is 34.6 Å². The van der Waals surface area contributed by atoms with E-state index in [0.717, 1.165) is 12.8 Å². The number of methoxy groups -OCH3 is 1. The number of benzene rings is 1. The molecule has 0 spiro atoms. The number of ether oxygens (including phenoxy) is 2. The second-order valence-electron chi connectivity index (χ2n) is 4.40. The topological polar surface area (TPSA) is 38.7 Å². The molecule has 0 radical (unpaired) electrons. The Morgan fingerprint density at radius 2 is 1.94 bits per heavy atom. The molecule has 100 valence electrons. The molecule has 1 aliphatic rings. The lowest BCUT2D eigenvalue weighted by Crippen LogP contribution is -2.22. The molecular weight excluding hydrogens is 275 g/mol. The minimum atomic E-state index is -0.607. The minimum absolute atomic E-state index is 0.167. The van der Waals surface area contributed by atoms with Gasteiger partial charge in [-0.2, -0.15) is 0 Å². The van der Waals surface area contributed by atoms with Gasteiger partial charge in [0.15, 0.2) is 0 Å². The summed E-state index contributed by atoms with van der Waals surface area (Å²) in [5.74, 6) is 0.685. The van der Waals surface area contributed by atoms with Crippen LogP contribution in [0.5, 0.6) is 5.75 Å². The third kappa shape index (κ3) is 2.91. The second-order valence-corrected chi connectivity index (χ2v) is 5.22. The highest BCUT2D eigenvalue weighted by atomic mass is 35.5. The molecule has 1 unspecified atom stereocenters. The molecule has 0 saturated carbocycles. The summed E-state index contributed by atoms with van der Waals surface area (Å²) in [6.45, 7) is 1.37. The standard InChI is InChI=1S/C13H16Cl2O3/c1-17-12-7-10(14)9(6-11(12)15)13(16)8-2-4-18-5-3-8/h6-8,13,16H,2-5H2,1H3. The van der Waals surface area contributed by atoms with Gasteiger partial charge in [0.2, 0.25) is 0 Å². The first kappa shape index (κ1) is 13.9. The molecule has 0 aromatic heterocycles. The van der Waals surface area contributed by atoms with Crippen LogP contribution in [0.3, 0.4) is 0 Å².